The van der Waals surface area contributed by atoms with Crippen molar-refractivity contribution in [1.29, 1.82) is 0 Å². The zero-order valence-corrected chi connectivity index (χ0v) is 11.8. The van der Waals surface area contributed by atoms with Crippen LogP contribution in [0.5, 0.6) is 0 Å². The van der Waals surface area contributed by atoms with Gasteiger partial charge in [0.2, 0.25) is 0 Å². The number of aromatic nitrogens is 5. The molecule has 0 aromatic carbocycles. The summed E-state index contributed by atoms with van der Waals surface area (Å²) in [4.78, 5) is 8.78. The average Bonchev–Trinajstić information content (AvgIpc) is 3.10. The van der Waals surface area contributed by atoms with E-state index >= 15 is 0 Å². The molecule has 0 bridgehead atoms. The molecule has 0 N–H and O–H groups in total. The molecular formula is C15H17N5O. The van der Waals surface area contributed by atoms with Gasteiger partial charge in [-0.3, -0.25) is 0 Å². The van der Waals surface area contributed by atoms with Crippen LogP contribution >= 0.6 is 0 Å². The molecule has 6 heteroatoms. The fourth-order valence-electron chi connectivity index (χ4n) is 3.00. The minimum absolute atomic E-state index is 0.446. The van der Waals surface area contributed by atoms with Crippen molar-refractivity contribution in [3.63, 3.8) is 0 Å². The summed E-state index contributed by atoms with van der Waals surface area (Å²) in [5.74, 6) is 1.87. The first-order valence-electron chi connectivity index (χ1n) is 7.53. The summed E-state index contributed by atoms with van der Waals surface area (Å²) in [5, 5.41) is 8.28. The molecular weight excluding hydrogens is 266 g/mol. The van der Waals surface area contributed by atoms with Crippen LogP contribution in [0.25, 0.3) is 17.1 Å². The van der Waals surface area contributed by atoms with E-state index in [-0.39, 0.29) is 0 Å². The molecule has 0 saturated heterocycles. The van der Waals surface area contributed by atoms with Gasteiger partial charge in [-0.05, 0) is 25.0 Å². The van der Waals surface area contributed by atoms with Gasteiger partial charge in [-0.25, -0.2) is 9.50 Å². The van der Waals surface area contributed by atoms with Crippen LogP contribution in [0.1, 0.15) is 50.3 Å². The maximum Gasteiger partial charge on any atom is 0.258 e. The maximum atomic E-state index is 5.45. The second kappa shape index (κ2) is 5.27. The average molecular weight is 283 g/mol. The smallest absolute Gasteiger partial charge is 0.258 e. The van der Waals surface area contributed by atoms with E-state index in [1.54, 1.807) is 4.52 Å². The Morgan fingerprint density at radius 2 is 2.00 bits per heavy atom. The normalized spacial score (nSPS) is 17.1. The van der Waals surface area contributed by atoms with Crippen LogP contribution in [-0.2, 0) is 0 Å². The van der Waals surface area contributed by atoms with Crippen molar-refractivity contribution in [2.45, 2.75) is 44.4 Å². The molecule has 1 aliphatic rings. The Balaban J connectivity index is 1.63. The lowest BCUT2D eigenvalue weighted by molar-refractivity contribution is 0.410. The second-order valence-electron chi connectivity index (χ2n) is 5.62. The van der Waals surface area contributed by atoms with E-state index in [0.717, 1.165) is 17.0 Å². The van der Waals surface area contributed by atoms with Crippen LogP contribution in [0.15, 0.2) is 29.2 Å². The number of nitrogens with zero attached hydrogens (tertiary/aromatic N) is 5. The summed E-state index contributed by atoms with van der Waals surface area (Å²) in [5.41, 5.74) is 1.67. The van der Waals surface area contributed by atoms with Gasteiger partial charge in [-0.2, -0.15) is 10.1 Å². The highest BCUT2D eigenvalue weighted by Crippen LogP contribution is 2.31. The molecule has 3 aromatic rings. The predicted octanol–water partition coefficient (Wildman–Crippen LogP) is 3.22. The molecule has 1 fully saturated rings. The monoisotopic (exact) mass is 283 g/mol. The van der Waals surface area contributed by atoms with Gasteiger partial charge in [0.15, 0.2) is 11.5 Å². The Morgan fingerprint density at radius 3 is 2.86 bits per heavy atom. The van der Waals surface area contributed by atoms with Gasteiger partial charge in [0.05, 0.1) is 0 Å². The third-order valence-electron chi connectivity index (χ3n) is 4.19. The maximum absolute atomic E-state index is 5.45. The molecule has 6 nitrogen and oxygen atoms in total. The minimum atomic E-state index is 0.446. The van der Waals surface area contributed by atoms with Crippen molar-refractivity contribution in [3.8, 4) is 11.5 Å². The Labute approximate surface area is 122 Å². The standard InChI is InChI=1S/C15H17N5O/c1-2-4-6-11(5-3-1)14-18-15(21-19-14)12-7-8-20-13(9-12)16-10-17-20/h7-11H,1-6H2. The minimum Gasteiger partial charge on any atom is -0.334 e. The first-order valence-corrected chi connectivity index (χ1v) is 7.53. The first kappa shape index (κ1) is 12.5. The summed E-state index contributed by atoms with van der Waals surface area (Å²) < 4.78 is 7.17. The van der Waals surface area contributed by atoms with Gasteiger partial charge in [0, 0.05) is 17.7 Å². The molecule has 108 valence electrons. The van der Waals surface area contributed by atoms with Crippen molar-refractivity contribution in [2.75, 3.05) is 0 Å². The van der Waals surface area contributed by atoms with Crippen LogP contribution < -0.4 is 0 Å². The lowest BCUT2D eigenvalue weighted by Crippen LogP contribution is -1.99. The first-order chi connectivity index (χ1) is 10.4. The van der Waals surface area contributed by atoms with Gasteiger partial charge in [0.1, 0.15) is 6.33 Å². The molecule has 4 rings (SSSR count). The van der Waals surface area contributed by atoms with E-state index in [4.69, 9.17) is 4.52 Å². The molecule has 1 aliphatic carbocycles. The van der Waals surface area contributed by atoms with Crippen molar-refractivity contribution in [2.24, 2.45) is 0 Å². The summed E-state index contributed by atoms with van der Waals surface area (Å²) in [7, 11) is 0. The molecule has 0 atom stereocenters. The predicted molar refractivity (Wildman–Crippen MR) is 76.7 cm³/mol. The van der Waals surface area contributed by atoms with Gasteiger partial charge in [-0.15, -0.1) is 0 Å². The van der Waals surface area contributed by atoms with Crippen LogP contribution in [-0.4, -0.2) is 24.7 Å². The lowest BCUT2D eigenvalue weighted by atomic mass is 10.00. The molecule has 0 spiro atoms. The van der Waals surface area contributed by atoms with Crippen molar-refractivity contribution in [1.82, 2.24) is 24.7 Å². The summed E-state index contributed by atoms with van der Waals surface area (Å²) in [6, 6.07) is 3.84. The third kappa shape index (κ3) is 2.41. The van der Waals surface area contributed by atoms with Crippen molar-refractivity contribution in [3.05, 3.63) is 30.5 Å². The van der Waals surface area contributed by atoms with Gasteiger partial charge in [-0.1, -0.05) is 30.8 Å². The fourth-order valence-corrected chi connectivity index (χ4v) is 3.00. The van der Waals surface area contributed by atoms with Crippen LogP contribution in [0, 0.1) is 0 Å². The van der Waals surface area contributed by atoms with Gasteiger partial charge < -0.3 is 4.52 Å². The SMILES string of the molecule is c1nc2cc(-c3nc(C4CCCCCC4)no3)ccn2n1. The molecule has 21 heavy (non-hydrogen) atoms. The molecule has 3 aromatic heterocycles. The summed E-state index contributed by atoms with van der Waals surface area (Å²) in [6.07, 6.45) is 10.9. The number of hydrogen-bond acceptors (Lipinski definition) is 5. The number of rotatable bonds is 2. The highest BCUT2D eigenvalue weighted by molar-refractivity contribution is 5.59. The Hall–Kier alpha value is -2.24. The van der Waals surface area contributed by atoms with Crippen molar-refractivity contribution >= 4 is 5.65 Å². The van der Waals surface area contributed by atoms with E-state index < -0.39 is 0 Å². The number of pyridine rings is 1. The Kier molecular flexibility index (Phi) is 3.14. The molecule has 0 unspecified atom stereocenters. The van der Waals surface area contributed by atoms with Gasteiger partial charge >= 0.3 is 0 Å². The molecule has 3 heterocycles. The molecule has 0 radical (unpaired) electrons. The summed E-state index contributed by atoms with van der Waals surface area (Å²) in [6.45, 7) is 0. The second-order valence-corrected chi connectivity index (χ2v) is 5.62. The van der Waals surface area contributed by atoms with E-state index in [2.05, 4.69) is 20.2 Å². The Bertz CT molecular complexity index is 739. The van der Waals surface area contributed by atoms with E-state index in [1.165, 1.54) is 44.9 Å². The van der Waals surface area contributed by atoms with Crippen LogP contribution in [0.2, 0.25) is 0 Å². The number of hydrogen-bond donors (Lipinski definition) is 0. The van der Waals surface area contributed by atoms with E-state index in [9.17, 15) is 0 Å². The highest BCUT2D eigenvalue weighted by Gasteiger charge is 2.20. The fraction of sp³-hybridized carbons (Fsp3) is 0.467. The van der Waals surface area contributed by atoms with E-state index in [0.29, 0.717) is 11.8 Å². The highest BCUT2D eigenvalue weighted by atomic mass is 16.5. The van der Waals surface area contributed by atoms with Crippen molar-refractivity contribution < 1.29 is 4.52 Å². The Morgan fingerprint density at radius 1 is 1.14 bits per heavy atom. The van der Waals surface area contributed by atoms with Crippen LogP contribution in [0.4, 0.5) is 0 Å². The molecule has 1 saturated carbocycles. The zero-order chi connectivity index (χ0) is 14.1. The molecule has 0 amide bonds. The zero-order valence-electron chi connectivity index (χ0n) is 11.8. The van der Waals surface area contributed by atoms with Crippen LogP contribution in [0.3, 0.4) is 0 Å². The molecule has 0 aliphatic heterocycles. The third-order valence-corrected chi connectivity index (χ3v) is 4.19. The summed E-state index contributed by atoms with van der Waals surface area (Å²) >= 11 is 0. The van der Waals surface area contributed by atoms with E-state index in [1.807, 2.05) is 18.3 Å². The topological polar surface area (TPSA) is 69.1 Å². The lowest BCUT2D eigenvalue weighted by Gasteiger charge is -2.07. The quantitative estimate of drug-likeness (QED) is 0.675. The largest absolute Gasteiger partial charge is 0.334 e. The number of fused-ring (bicyclic) bond motifs is 1. The van der Waals surface area contributed by atoms with Gasteiger partial charge in [0.25, 0.3) is 5.89 Å².